The average Bonchev–Trinajstić information content (AvgIpc) is 3.41. The fraction of sp³-hybridized carbons (Fsp3) is 0.0833. The van der Waals surface area contributed by atoms with Crippen molar-refractivity contribution in [3.05, 3.63) is 100 Å². The number of anilines is 1. The van der Waals surface area contributed by atoms with Crippen LogP contribution in [0.2, 0.25) is 10.0 Å². The lowest BCUT2D eigenvalue weighted by atomic mass is 10.0. The van der Waals surface area contributed by atoms with E-state index < -0.39 is 6.04 Å². The molecule has 1 saturated heterocycles. The molecule has 8 heteroatoms. The molecule has 2 aromatic heterocycles. The normalized spacial score (nSPS) is 18.1. The van der Waals surface area contributed by atoms with Gasteiger partial charge in [0.1, 0.15) is 23.3 Å². The molecule has 5 rings (SSSR count). The summed E-state index contributed by atoms with van der Waals surface area (Å²) in [6.45, 7) is 0. The molecular weight excluding hydrogens is 465 g/mol. The van der Waals surface area contributed by atoms with Crippen LogP contribution in [-0.4, -0.2) is 15.2 Å². The van der Waals surface area contributed by atoms with Gasteiger partial charge in [-0.05, 0) is 60.7 Å². The third-order valence-corrected chi connectivity index (χ3v) is 6.51. The Morgan fingerprint density at radius 1 is 0.969 bits per heavy atom. The van der Waals surface area contributed by atoms with Crippen LogP contribution in [0.4, 0.5) is 5.69 Å². The van der Waals surface area contributed by atoms with Crippen LogP contribution in [-0.2, 0) is 0 Å². The topological polar surface area (TPSA) is 61.5 Å². The minimum absolute atomic E-state index is 0.119. The first kappa shape index (κ1) is 20.8. The van der Waals surface area contributed by atoms with Crippen molar-refractivity contribution in [1.82, 2.24) is 10.3 Å². The molecule has 4 aromatic rings. The number of pyridine rings is 1. The Hall–Kier alpha value is -3.06. The maximum Gasteiger partial charge on any atom is 0.174 e. The Kier molecular flexibility index (Phi) is 5.51. The average molecular weight is 482 g/mol. The molecule has 3 heterocycles. The first-order valence-corrected chi connectivity index (χ1v) is 11.0. The SMILES string of the molecule is Oc1ccccc1N1C(=S)N[C@H](c2ccccn2)[C@@H]1c1ccc(-c2cccc(Cl)c2Cl)o1. The molecule has 0 saturated carbocycles. The van der Waals surface area contributed by atoms with E-state index in [0.717, 1.165) is 5.69 Å². The van der Waals surface area contributed by atoms with E-state index in [1.54, 1.807) is 24.4 Å². The lowest BCUT2D eigenvalue weighted by Gasteiger charge is -2.26. The fourth-order valence-electron chi connectivity index (χ4n) is 3.92. The van der Waals surface area contributed by atoms with Crippen molar-refractivity contribution in [2.45, 2.75) is 12.1 Å². The number of furan rings is 1. The van der Waals surface area contributed by atoms with E-state index in [2.05, 4.69) is 10.3 Å². The van der Waals surface area contributed by atoms with Crippen LogP contribution in [0.25, 0.3) is 11.3 Å². The highest BCUT2D eigenvalue weighted by atomic mass is 35.5. The molecule has 160 valence electrons. The lowest BCUT2D eigenvalue weighted by Crippen LogP contribution is -2.29. The molecule has 32 heavy (non-hydrogen) atoms. The molecule has 1 aliphatic heterocycles. The van der Waals surface area contributed by atoms with Crippen LogP contribution < -0.4 is 10.2 Å². The molecule has 1 aliphatic rings. The summed E-state index contributed by atoms with van der Waals surface area (Å²) in [5.74, 6) is 1.35. The molecule has 2 N–H and O–H groups in total. The highest BCUT2D eigenvalue weighted by molar-refractivity contribution is 7.80. The molecule has 5 nitrogen and oxygen atoms in total. The van der Waals surface area contributed by atoms with Gasteiger partial charge in [0.05, 0.1) is 27.5 Å². The second-order valence-electron chi connectivity index (χ2n) is 7.29. The highest BCUT2D eigenvalue weighted by Crippen LogP contribution is 2.45. The van der Waals surface area contributed by atoms with Gasteiger partial charge in [0.15, 0.2) is 5.11 Å². The zero-order valence-corrected chi connectivity index (χ0v) is 18.9. The van der Waals surface area contributed by atoms with Crippen LogP contribution in [0.1, 0.15) is 23.5 Å². The first-order chi connectivity index (χ1) is 15.5. The number of hydrogen-bond donors (Lipinski definition) is 2. The summed E-state index contributed by atoms with van der Waals surface area (Å²) in [4.78, 5) is 6.37. The van der Waals surface area contributed by atoms with Gasteiger partial charge in [-0.15, -0.1) is 0 Å². The molecule has 2 atom stereocenters. The van der Waals surface area contributed by atoms with Crippen molar-refractivity contribution in [2.75, 3.05) is 4.90 Å². The Labute approximate surface area is 200 Å². The molecule has 0 radical (unpaired) electrons. The van der Waals surface area contributed by atoms with Gasteiger partial charge in [-0.25, -0.2) is 0 Å². The molecule has 0 bridgehead atoms. The molecule has 0 amide bonds. The van der Waals surface area contributed by atoms with Gasteiger partial charge >= 0.3 is 0 Å². The summed E-state index contributed by atoms with van der Waals surface area (Å²) in [6, 6.07) is 21.2. The number of thiocarbonyl (C=S) groups is 1. The van der Waals surface area contributed by atoms with Crippen molar-refractivity contribution < 1.29 is 9.52 Å². The van der Waals surface area contributed by atoms with Crippen molar-refractivity contribution in [2.24, 2.45) is 0 Å². The van der Waals surface area contributed by atoms with Crippen molar-refractivity contribution in [1.29, 1.82) is 0 Å². The standard InChI is InChI=1S/C24H17Cl2N3O2S/c25-15-7-5-6-14(21(15)26)19-11-12-20(31-19)23-22(16-8-3-4-13-27-16)28-24(32)29(23)17-9-1-2-10-18(17)30/h1-13,22-23,30H,(H,28,32)/t22-,23+/m1/s1. The second kappa shape index (κ2) is 8.47. The van der Waals surface area contributed by atoms with Crippen molar-refractivity contribution in [3.63, 3.8) is 0 Å². The number of nitrogens with zero attached hydrogens (tertiary/aromatic N) is 2. The third kappa shape index (κ3) is 3.60. The Morgan fingerprint density at radius 3 is 2.56 bits per heavy atom. The van der Waals surface area contributed by atoms with Crippen LogP contribution in [0.5, 0.6) is 5.75 Å². The molecule has 1 fully saturated rings. The quantitative estimate of drug-likeness (QED) is 0.323. The molecule has 0 aliphatic carbocycles. The Bertz CT molecular complexity index is 1300. The summed E-state index contributed by atoms with van der Waals surface area (Å²) in [5, 5.41) is 15.2. The number of phenolic OH excluding ortho intramolecular Hbond substituents is 1. The number of nitrogens with one attached hydrogen (secondary N) is 1. The number of hydrogen-bond acceptors (Lipinski definition) is 4. The van der Waals surface area contributed by atoms with Crippen molar-refractivity contribution in [3.8, 4) is 17.1 Å². The van der Waals surface area contributed by atoms with E-state index >= 15 is 0 Å². The molecule has 0 unspecified atom stereocenters. The lowest BCUT2D eigenvalue weighted by molar-refractivity contribution is 0.434. The fourth-order valence-corrected chi connectivity index (χ4v) is 4.65. The van der Waals surface area contributed by atoms with Crippen molar-refractivity contribution >= 4 is 46.2 Å². The number of benzene rings is 2. The predicted octanol–water partition coefficient (Wildman–Crippen LogP) is 6.53. The number of aromatic nitrogens is 1. The number of para-hydroxylation sites is 2. The van der Waals surface area contributed by atoms with Crippen LogP contribution >= 0.6 is 35.4 Å². The van der Waals surface area contributed by atoms with Gasteiger partial charge < -0.3 is 19.7 Å². The van der Waals surface area contributed by atoms with Gasteiger partial charge in [-0.1, -0.05) is 47.5 Å². The van der Waals surface area contributed by atoms with Gasteiger partial charge in [0, 0.05) is 11.8 Å². The molecular formula is C24H17Cl2N3O2S. The largest absolute Gasteiger partial charge is 0.506 e. The van der Waals surface area contributed by atoms with Gasteiger partial charge in [0.2, 0.25) is 0 Å². The van der Waals surface area contributed by atoms with Gasteiger partial charge in [-0.3, -0.25) is 4.98 Å². The Morgan fingerprint density at radius 2 is 1.78 bits per heavy atom. The zero-order chi connectivity index (χ0) is 22.2. The minimum atomic E-state index is -0.391. The van der Waals surface area contributed by atoms with Crippen LogP contribution in [0.15, 0.2) is 83.4 Å². The zero-order valence-electron chi connectivity index (χ0n) is 16.6. The molecule has 0 spiro atoms. The smallest absolute Gasteiger partial charge is 0.174 e. The summed E-state index contributed by atoms with van der Waals surface area (Å²) >= 11 is 18.3. The number of rotatable bonds is 4. The van der Waals surface area contributed by atoms with E-state index in [1.807, 2.05) is 59.5 Å². The maximum atomic E-state index is 10.6. The maximum absolute atomic E-state index is 10.6. The second-order valence-corrected chi connectivity index (χ2v) is 8.46. The van der Waals surface area contributed by atoms with Gasteiger partial charge in [-0.2, -0.15) is 0 Å². The third-order valence-electron chi connectivity index (χ3n) is 5.37. The number of halogens is 2. The van der Waals surface area contributed by atoms with E-state index in [0.29, 0.717) is 37.9 Å². The van der Waals surface area contributed by atoms with E-state index in [9.17, 15) is 5.11 Å². The molecule has 2 aromatic carbocycles. The summed E-state index contributed by atoms with van der Waals surface area (Å²) < 4.78 is 6.29. The number of phenols is 1. The van der Waals surface area contributed by atoms with Crippen LogP contribution in [0.3, 0.4) is 0 Å². The van der Waals surface area contributed by atoms with Crippen LogP contribution in [0, 0.1) is 0 Å². The monoisotopic (exact) mass is 481 g/mol. The van der Waals surface area contributed by atoms with E-state index in [4.69, 9.17) is 39.8 Å². The highest BCUT2D eigenvalue weighted by Gasteiger charge is 2.43. The summed E-state index contributed by atoms with van der Waals surface area (Å²) in [6.07, 6.45) is 1.74. The number of aromatic hydroxyl groups is 1. The summed E-state index contributed by atoms with van der Waals surface area (Å²) in [7, 11) is 0. The van der Waals surface area contributed by atoms with E-state index in [1.165, 1.54) is 0 Å². The first-order valence-electron chi connectivity index (χ1n) is 9.87. The van der Waals surface area contributed by atoms with Gasteiger partial charge in [0.25, 0.3) is 0 Å². The van der Waals surface area contributed by atoms with E-state index in [-0.39, 0.29) is 11.8 Å². The Balaban J connectivity index is 1.63. The predicted molar refractivity (Wildman–Crippen MR) is 130 cm³/mol. The summed E-state index contributed by atoms with van der Waals surface area (Å²) in [5.41, 5.74) is 2.08. The minimum Gasteiger partial charge on any atom is -0.506 e.